The largest absolute Gasteiger partial charge is 0.306 e. The maximum atomic E-state index is 11.7. The Morgan fingerprint density at radius 1 is 1.09 bits per heavy atom. The predicted molar refractivity (Wildman–Crippen MR) is 90.2 cm³/mol. The molecular formula is C16H14BrN3O3. The number of hydrazine groups is 1. The fourth-order valence-electron chi connectivity index (χ4n) is 1.70. The summed E-state index contributed by atoms with van der Waals surface area (Å²) in [5.74, 6) is -0.967. The molecular weight excluding hydrogens is 362 g/mol. The molecule has 0 bridgehead atoms. The minimum Gasteiger partial charge on any atom is -0.306 e. The summed E-state index contributed by atoms with van der Waals surface area (Å²) in [6.45, 7) is -0.170. The molecule has 1 aromatic heterocycles. The van der Waals surface area contributed by atoms with Gasteiger partial charge in [-0.05, 0) is 29.8 Å². The van der Waals surface area contributed by atoms with Gasteiger partial charge in [0.15, 0.2) is 0 Å². The molecule has 7 heteroatoms. The van der Waals surface area contributed by atoms with Gasteiger partial charge in [-0.3, -0.25) is 25.2 Å². The maximum Gasteiger partial charge on any atom is 0.262 e. The molecule has 2 aromatic rings. The van der Waals surface area contributed by atoms with Crippen molar-refractivity contribution >= 4 is 33.8 Å². The van der Waals surface area contributed by atoms with Gasteiger partial charge in [-0.25, -0.2) is 0 Å². The topological polar surface area (TPSA) is 80.2 Å². The number of aromatic nitrogens is 1. The highest BCUT2D eigenvalue weighted by Gasteiger charge is 2.04. The average Bonchev–Trinajstić information content (AvgIpc) is 2.54. The van der Waals surface area contributed by atoms with Gasteiger partial charge in [-0.1, -0.05) is 34.1 Å². The van der Waals surface area contributed by atoms with Crippen LogP contribution in [0.3, 0.4) is 0 Å². The lowest BCUT2D eigenvalue weighted by atomic mass is 10.2. The van der Waals surface area contributed by atoms with Crippen molar-refractivity contribution in [1.82, 2.24) is 15.4 Å². The monoisotopic (exact) mass is 375 g/mol. The number of nitrogens with one attached hydrogen (secondary N) is 2. The van der Waals surface area contributed by atoms with Crippen LogP contribution in [0.15, 0.2) is 64.0 Å². The van der Waals surface area contributed by atoms with Crippen molar-refractivity contribution in [1.29, 1.82) is 0 Å². The van der Waals surface area contributed by atoms with Crippen LogP contribution in [0.2, 0.25) is 0 Å². The van der Waals surface area contributed by atoms with E-state index in [0.717, 1.165) is 10.0 Å². The molecule has 1 heterocycles. The third kappa shape index (κ3) is 5.55. The second kappa shape index (κ2) is 8.09. The first-order chi connectivity index (χ1) is 11.0. The molecule has 6 nitrogen and oxygen atoms in total. The Labute approximate surface area is 140 Å². The molecule has 1 aromatic carbocycles. The molecule has 2 rings (SSSR count). The van der Waals surface area contributed by atoms with Crippen molar-refractivity contribution in [2.75, 3.05) is 0 Å². The van der Waals surface area contributed by atoms with E-state index in [9.17, 15) is 14.4 Å². The van der Waals surface area contributed by atoms with Crippen molar-refractivity contribution in [2.24, 2.45) is 0 Å². The molecule has 0 radical (unpaired) electrons. The number of carbonyl (C=O) groups excluding carboxylic acids is 2. The lowest BCUT2D eigenvalue weighted by molar-refractivity contribution is -0.127. The van der Waals surface area contributed by atoms with E-state index >= 15 is 0 Å². The number of rotatable bonds is 4. The van der Waals surface area contributed by atoms with Crippen LogP contribution in [0.1, 0.15) is 5.56 Å². The van der Waals surface area contributed by atoms with Crippen LogP contribution < -0.4 is 16.4 Å². The highest BCUT2D eigenvalue weighted by atomic mass is 79.9. The van der Waals surface area contributed by atoms with Gasteiger partial charge < -0.3 is 4.57 Å². The van der Waals surface area contributed by atoms with Crippen LogP contribution in [0.4, 0.5) is 0 Å². The predicted octanol–water partition coefficient (Wildman–Crippen LogP) is 1.47. The van der Waals surface area contributed by atoms with E-state index in [4.69, 9.17) is 0 Å². The molecule has 0 fully saturated rings. The Hall–Kier alpha value is -2.67. The van der Waals surface area contributed by atoms with E-state index in [-0.39, 0.29) is 12.1 Å². The zero-order valence-corrected chi connectivity index (χ0v) is 13.6. The number of halogens is 1. The molecule has 0 aliphatic heterocycles. The second-order valence-electron chi connectivity index (χ2n) is 4.59. The van der Waals surface area contributed by atoms with E-state index in [1.807, 2.05) is 24.3 Å². The molecule has 118 valence electrons. The highest BCUT2D eigenvalue weighted by molar-refractivity contribution is 9.10. The van der Waals surface area contributed by atoms with Crippen LogP contribution in [0.25, 0.3) is 6.08 Å². The minimum absolute atomic E-state index is 0.170. The minimum atomic E-state index is -0.497. The fraction of sp³-hybridized carbons (Fsp3) is 0.0625. The van der Waals surface area contributed by atoms with E-state index in [2.05, 4.69) is 26.8 Å². The van der Waals surface area contributed by atoms with Crippen LogP contribution in [-0.2, 0) is 16.1 Å². The Balaban J connectivity index is 1.82. The SMILES string of the molecule is O=C(/C=C/c1ccc(Br)cc1)NNC(=O)Cn1ccccc1=O. The summed E-state index contributed by atoms with van der Waals surface area (Å²) in [4.78, 5) is 34.7. The van der Waals surface area contributed by atoms with Crippen molar-refractivity contribution in [3.8, 4) is 0 Å². The number of carbonyl (C=O) groups is 2. The lowest BCUT2D eigenvalue weighted by Gasteiger charge is -2.06. The number of hydrogen-bond acceptors (Lipinski definition) is 3. The smallest absolute Gasteiger partial charge is 0.262 e. The third-order valence-electron chi connectivity index (χ3n) is 2.84. The summed E-state index contributed by atoms with van der Waals surface area (Å²) < 4.78 is 2.18. The first-order valence-corrected chi connectivity index (χ1v) is 7.52. The van der Waals surface area contributed by atoms with Crippen molar-refractivity contribution < 1.29 is 9.59 Å². The molecule has 0 aliphatic rings. The van der Waals surface area contributed by atoms with Gasteiger partial charge in [0, 0.05) is 22.8 Å². The normalized spacial score (nSPS) is 10.5. The van der Waals surface area contributed by atoms with Gasteiger partial charge in [0.2, 0.25) is 0 Å². The average molecular weight is 376 g/mol. The van der Waals surface area contributed by atoms with Crippen LogP contribution in [0, 0.1) is 0 Å². The van der Waals surface area contributed by atoms with Crippen LogP contribution >= 0.6 is 15.9 Å². The van der Waals surface area contributed by atoms with Gasteiger partial charge in [-0.2, -0.15) is 0 Å². The molecule has 0 atom stereocenters. The number of amides is 2. The molecule has 0 aliphatic carbocycles. The van der Waals surface area contributed by atoms with Crippen molar-refractivity contribution in [3.05, 3.63) is 75.1 Å². The standard InChI is InChI=1S/C16H14BrN3O3/c17-13-7-4-12(5-8-13)6-9-14(21)18-19-15(22)11-20-10-2-1-3-16(20)23/h1-10H,11H2,(H,18,21)(H,19,22)/b9-6+. The second-order valence-corrected chi connectivity index (χ2v) is 5.50. The van der Waals surface area contributed by atoms with E-state index in [1.54, 1.807) is 18.2 Å². The molecule has 0 saturated carbocycles. The van der Waals surface area contributed by atoms with Gasteiger partial charge >= 0.3 is 0 Å². The summed E-state index contributed by atoms with van der Waals surface area (Å²) in [5.41, 5.74) is 5.06. The number of hydrogen-bond donors (Lipinski definition) is 2. The molecule has 2 N–H and O–H groups in total. The Kier molecular flexibility index (Phi) is 5.87. The Morgan fingerprint density at radius 2 is 1.83 bits per heavy atom. The summed E-state index contributed by atoms with van der Waals surface area (Å²) in [6, 6.07) is 12.0. The highest BCUT2D eigenvalue weighted by Crippen LogP contribution is 2.11. The zero-order valence-electron chi connectivity index (χ0n) is 12.0. The van der Waals surface area contributed by atoms with Crippen LogP contribution in [0.5, 0.6) is 0 Å². The van der Waals surface area contributed by atoms with Gasteiger partial charge in [-0.15, -0.1) is 0 Å². The number of nitrogens with zero attached hydrogens (tertiary/aromatic N) is 1. The van der Waals surface area contributed by atoms with Gasteiger partial charge in [0.05, 0.1) is 0 Å². The number of pyridine rings is 1. The van der Waals surface area contributed by atoms with Crippen molar-refractivity contribution in [3.63, 3.8) is 0 Å². The molecule has 0 saturated heterocycles. The first kappa shape index (κ1) is 16.7. The van der Waals surface area contributed by atoms with E-state index in [0.29, 0.717) is 0 Å². The quantitative estimate of drug-likeness (QED) is 0.627. The summed E-state index contributed by atoms with van der Waals surface area (Å²) in [6.07, 6.45) is 4.42. The fourth-order valence-corrected chi connectivity index (χ4v) is 1.97. The first-order valence-electron chi connectivity index (χ1n) is 6.72. The summed E-state index contributed by atoms with van der Waals surface area (Å²) >= 11 is 3.32. The van der Waals surface area contributed by atoms with E-state index in [1.165, 1.54) is 22.9 Å². The van der Waals surface area contributed by atoms with Crippen molar-refractivity contribution in [2.45, 2.75) is 6.54 Å². The zero-order chi connectivity index (χ0) is 16.7. The molecule has 23 heavy (non-hydrogen) atoms. The molecule has 0 spiro atoms. The van der Waals surface area contributed by atoms with E-state index < -0.39 is 11.8 Å². The molecule has 2 amide bonds. The summed E-state index contributed by atoms with van der Waals surface area (Å²) in [5, 5.41) is 0. The number of benzene rings is 1. The van der Waals surface area contributed by atoms with Gasteiger partial charge in [0.1, 0.15) is 6.54 Å². The Bertz CT molecular complexity index is 782. The lowest BCUT2D eigenvalue weighted by Crippen LogP contribution is -2.43. The molecule has 0 unspecified atom stereocenters. The summed E-state index contributed by atoms with van der Waals surface area (Å²) in [7, 11) is 0. The third-order valence-corrected chi connectivity index (χ3v) is 3.36. The van der Waals surface area contributed by atoms with Crippen LogP contribution in [-0.4, -0.2) is 16.4 Å². The maximum absolute atomic E-state index is 11.7. The Morgan fingerprint density at radius 3 is 2.52 bits per heavy atom. The van der Waals surface area contributed by atoms with Gasteiger partial charge in [0.25, 0.3) is 17.4 Å².